The summed E-state index contributed by atoms with van der Waals surface area (Å²) in [5.41, 5.74) is 0.567. The number of aliphatic hydroxyl groups excluding tert-OH is 1. The summed E-state index contributed by atoms with van der Waals surface area (Å²) in [7, 11) is 0. The third-order valence-electron chi connectivity index (χ3n) is 4.10. The Kier molecular flexibility index (Phi) is 4.70. The van der Waals surface area contributed by atoms with E-state index in [1.807, 2.05) is 6.92 Å². The van der Waals surface area contributed by atoms with Crippen LogP contribution in [-0.4, -0.2) is 19.6 Å². The first-order valence-corrected chi connectivity index (χ1v) is 9.50. The van der Waals surface area contributed by atoms with Crippen molar-refractivity contribution in [1.82, 2.24) is 14.5 Å². The van der Waals surface area contributed by atoms with Gasteiger partial charge in [-0.3, -0.25) is 9.36 Å². The van der Waals surface area contributed by atoms with E-state index in [0.717, 1.165) is 11.1 Å². The smallest absolute Gasteiger partial charge is 0.266 e. The lowest BCUT2D eigenvalue weighted by atomic mass is 10.2. The molecule has 0 unspecified atom stereocenters. The Morgan fingerprint density at radius 1 is 1.25 bits per heavy atom. The second-order valence-corrected chi connectivity index (χ2v) is 7.47. The van der Waals surface area contributed by atoms with Gasteiger partial charge in [0.1, 0.15) is 23.1 Å². The van der Waals surface area contributed by atoms with Gasteiger partial charge in [-0.15, -0.1) is 11.3 Å². The molecule has 0 aliphatic rings. The van der Waals surface area contributed by atoms with Gasteiger partial charge in [-0.25, -0.2) is 14.4 Å². The number of hydrogen-bond acceptors (Lipinski definition) is 5. The molecular weight excluding hydrogens is 401 g/mol. The number of thiazole rings is 1. The van der Waals surface area contributed by atoms with Crippen molar-refractivity contribution in [2.75, 3.05) is 0 Å². The van der Waals surface area contributed by atoms with Crippen molar-refractivity contribution in [2.24, 2.45) is 0 Å². The lowest BCUT2D eigenvalue weighted by Gasteiger charge is -2.13. The molecule has 0 spiro atoms. The highest BCUT2D eigenvalue weighted by Gasteiger charge is 2.16. The highest BCUT2D eigenvalue weighted by Crippen LogP contribution is 2.24. The van der Waals surface area contributed by atoms with Gasteiger partial charge in [0.25, 0.3) is 5.56 Å². The van der Waals surface area contributed by atoms with Gasteiger partial charge in [-0.2, -0.15) is 0 Å². The van der Waals surface area contributed by atoms with Gasteiger partial charge in [0, 0.05) is 11.5 Å². The molecule has 0 bridgehead atoms. The summed E-state index contributed by atoms with van der Waals surface area (Å²) >= 11 is 7.68. The highest BCUT2D eigenvalue weighted by atomic mass is 35.5. The summed E-state index contributed by atoms with van der Waals surface area (Å²) in [5, 5.41) is 13.4. The predicted octanol–water partition coefficient (Wildman–Crippen LogP) is 5.00. The molecule has 0 amide bonds. The van der Waals surface area contributed by atoms with Crippen molar-refractivity contribution in [2.45, 2.75) is 6.92 Å². The Hall–Kier alpha value is -3.03. The number of nitrogens with zero attached hydrogens (tertiary/aromatic N) is 3. The molecule has 0 fully saturated rings. The van der Waals surface area contributed by atoms with Gasteiger partial charge < -0.3 is 5.11 Å². The molecule has 28 heavy (non-hydrogen) atoms. The van der Waals surface area contributed by atoms with Crippen LogP contribution in [0.1, 0.15) is 16.5 Å². The maximum atomic E-state index is 13.7. The molecule has 0 saturated heterocycles. The zero-order valence-corrected chi connectivity index (χ0v) is 16.1. The van der Waals surface area contributed by atoms with Crippen molar-refractivity contribution in [3.63, 3.8) is 0 Å². The van der Waals surface area contributed by atoms with Crippen LogP contribution in [0.5, 0.6) is 0 Å². The number of aromatic nitrogens is 3. The van der Waals surface area contributed by atoms with Crippen LogP contribution in [0.2, 0.25) is 5.02 Å². The van der Waals surface area contributed by atoms with Crippen molar-refractivity contribution >= 4 is 45.7 Å². The second kappa shape index (κ2) is 7.18. The molecule has 0 aliphatic carbocycles. The molecule has 0 atom stereocenters. The molecule has 0 radical (unpaired) electrons. The van der Waals surface area contributed by atoms with Crippen LogP contribution in [0.15, 0.2) is 52.6 Å². The molecule has 2 aromatic heterocycles. The summed E-state index contributed by atoms with van der Waals surface area (Å²) in [6.07, 6.45) is 1.35. The fourth-order valence-corrected chi connectivity index (χ4v) is 3.64. The van der Waals surface area contributed by atoms with Gasteiger partial charge in [-0.1, -0.05) is 23.7 Å². The van der Waals surface area contributed by atoms with Crippen molar-refractivity contribution in [1.29, 1.82) is 0 Å². The highest BCUT2D eigenvalue weighted by molar-refractivity contribution is 7.09. The van der Waals surface area contributed by atoms with E-state index >= 15 is 0 Å². The molecule has 140 valence electrons. The molecule has 0 aliphatic heterocycles. The average Bonchev–Trinajstić information content (AvgIpc) is 3.10. The number of para-hydroxylation sites is 1. The maximum Gasteiger partial charge on any atom is 0.266 e. The molecule has 1 N–H and O–H groups in total. The van der Waals surface area contributed by atoms with Gasteiger partial charge in [0.2, 0.25) is 0 Å². The van der Waals surface area contributed by atoms with Crippen LogP contribution in [0, 0.1) is 12.7 Å². The standard InChI is InChI=1S/C20H13ClFN3O2S/c1-11-23-16(10-28-11)18(26)9-19-24-15-7-6-12(22)8-13(15)20(27)25(19)17-5-3-2-4-14(17)21/h2-10,26H,1H3. The molecule has 4 rings (SSSR count). The lowest BCUT2D eigenvalue weighted by Crippen LogP contribution is -2.23. The van der Waals surface area contributed by atoms with Gasteiger partial charge in [0.15, 0.2) is 0 Å². The van der Waals surface area contributed by atoms with E-state index in [4.69, 9.17) is 11.6 Å². The van der Waals surface area contributed by atoms with E-state index in [2.05, 4.69) is 9.97 Å². The van der Waals surface area contributed by atoms with E-state index in [1.54, 1.807) is 29.6 Å². The Bertz CT molecular complexity index is 1300. The molecule has 0 saturated carbocycles. The Labute approximate surface area is 168 Å². The molecule has 5 nitrogen and oxygen atoms in total. The number of aliphatic hydroxyl groups is 1. The first-order chi connectivity index (χ1) is 13.4. The number of fused-ring (bicyclic) bond motifs is 1. The fourth-order valence-electron chi connectivity index (χ4n) is 2.81. The number of hydrogen-bond donors (Lipinski definition) is 1. The number of aryl methyl sites for hydroxylation is 1. The average molecular weight is 414 g/mol. The van der Waals surface area contributed by atoms with Gasteiger partial charge in [-0.05, 0) is 37.3 Å². The van der Waals surface area contributed by atoms with Crippen molar-refractivity contribution < 1.29 is 9.50 Å². The van der Waals surface area contributed by atoms with E-state index in [-0.39, 0.29) is 17.0 Å². The Morgan fingerprint density at radius 2 is 2.04 bits per heavy atom. The first-order valence-electron chi connectivity index (χ1n) is 8.24. The Morgan fingerprint density at radius 3 is 2.75 bits per heavy atom. The number of halogens is 2. The third-order valence-corrected chi connectivity index (χ3v) is 5.19. The van der Waals surface area contributed by atoms with Crippen LogP contribution in [0.4, 0.5) is 4.39 Å². The summed E-state index contributed by atoms with van der Waals surface area (Å²) in [5.74, 6) is -0.528. The monoisotopic (exact) mass is 413 g/mol. The minimum Gasteiger partial charge on any atom is -0.506 e. The normalized spacial score (nSPS) is 11.9. The quantitative estimate of drug-likeness (QED) is 0.480. The topological polar surface area (TPSA) is 68.0 Å². The summed E-state index contributed by atoms with van der Waals surface area (Å²) in [6.45, 7) is 1.82. The van der Waals surface area contributed by atoms with E-state index in [0.29, 0.717) is 21.9 Å². The van der Waals surface area contributed by atoms with Gasteiger partial charge >= 0.3 is 0 Å². The zero-order valence-electron chi connectivity index (χ0n) is 14.6. The zero-order chi connectivity index (χ0) is 19.8. The van der Waals surface area contributed by atoms with Crippen molar-refractivity contribution in [3.05, 3.63) is 85.6 Å². The van der Waals surface area contributed by atoms with E-state index < -0.39 is 11.4 Å². The Balaban J connectivity index is 2.04. The summed E-state index contributed by atoms with van der Waals surface area (Å²) in [4.78, 5) is 21.8. The van der Waals surface area contributed by atoms with Crippen molar-refractivity contribution in [3.8, 4) is 5.69 Å². The largest absolute Gasteiger partial charge is 0.506 e. The van der Waals surface area contributed by atoms with E-state index in [9.17, 15) is 14.3 Å². The first kappa shape index (κ1) is 18.3. The predicted molar refractivity (Wildman–Crippen MR) is 110 cm³/mol. The minimum absolute atomic E-state index is 0.112. The van der Waals surface area contributed by atoms with Crippen LogP contribution < -0.4 is 5.56 Å². The van der Waals surface area contributed by atoms with Crippen LogP contribution in [0.3, 0.4) is 0 Å². The van der Waals surface area contributed by atoms with Crippen LogP contribution >= 0.6 is 22.9 Å². The summed E-state index contributed by atoms with van der Waals surface area (Å²) in [6, 6.07) is 10.5. The van der Waals surface area contributed by atoms with Crippen LogP contribution in [0.25, 0.3) is 28.4 Å². The molecule has 2 aromatic carbocycles. The van der Waals surface area contributed by atoms with E-state index in [1.165, 1.54) is 34.1 Å². The number of rotatable bonds is 3. The molecule has 4 aromatic rings. The second-order valence-electron chi connectivity index (χ2n) is 6.00. The van der Waals surface area contributed by atoms with Gasteiger partial charge in [0.05, 0.1) is 26.6 Å². The summed E-state index contributed by atoms with van der Waals surface area (Å²) < 4.78 is 15.0. The molecule has 8 heteroatoms. The molecular formula is C20H13ClFN3O2S. The number of benzene rings is 2. The minimum atomic E-state index is -0.541. The third kappa shape index (κ3) is 3.30. The lowest BCUT2D eigenvalue weighted by molar-refractivity contribution is 0.512. The molecule has 2 heterocycles. The fraction of sp³-hybridized carbons (Fsp3) is 0.0500. The van der Waals surface area contributed by atoms with Crippen LogP contribution in [-0.2, 0) is 0 Å². The SMILES string of the molecule is Cc1nc(C(O)=Cc2nc3ccc(F)cc3c(=O)n2-c2ccccc2Cl)cs1. The maximum absolute atomic E-state index is 13.7.